The summed E-state index contributed by atoms with van der Waals surface area (Å²) in [7, 11) is 0. The lowest BCUT2D eigenvalue weighted by atomic mass is 9.97. The number of rotatable bonds is 7. The number of pyridine rings is 2. The predicted molar refractivity (Wildman–Crippen MR) is 121 cm³/mol. The predicted octanol–water partition coefficient (Wildman–Crippen LogP) is 0.114. The Labute approximate surface area is 194 Å². The van der Waals surface area contributed by atoms with Crippen LogP contribution in [0.15, 0.2) is 17.1 Å². The number of fused-ring (bicyclic) bond motifs is 1. The van der Waals surface area contributed by atoms with Crippen molar-refractivity contribution in [2.75, 3.05) is 11.4 Å². The normalized spacial score (nSPS) is 21.5. The number of amides is 2. The second kappa shape index (κ2) is 8.67. The maximum Gasteiger partial charge on any atom is 0.341 e. The van der Waals surface area contributed by atoms with E-state index in [0.717, 1.165) is 18.9 Å². The molecule has 0 bridgehead atoms. The smallest absolute Gasteiger partial charge is 0.341 e. The van der Waals surface area contributed by atoms with E-state index < -0.39 is 40.8 Å². The number of halogens is 1. The van der Waals surface area contributed by atoms with Crippen LogP contribution in [0.5, 0.6) is 0 Å². The molecule has 5 N–H and O–H groups in total. The molecule has 2 aromatic heterocycles. The van der Waals surface area contributed by atoms with E-state index in [1.807, 2.05) is 0 Å². The molecule has 34 heavy (non-hydrogen) atoms. The number of aromatic carboxylic acids is 1. The van der Waals surface area contributed by atoms with E-state index in [1.54, 1.807) is 23.3 Å². The summed E-state index contributed by atoms with van der Waals surface area (Å²) in [5.74, 6) is -2.92. The number of carboxylic acid groups (broad SMARTS) is 1. The van der Waals surface area contributed by atoms with Crippen LogP contribution in [0.3, 0.4) is 0 Å². The Morgan fingerprint density at radius 1 is 1.26 bits per heavy atom. The molecule has 12 heteroatoms. The molecule has 182 valence electrons. The number of carbonyl (C=O) groups is 3. The van der Waals surface area contributed by atoms with Crippen LogP contribution in [-0.2, 0) is 9.59 Å². The second-order valence-corrected chi connectivity index (χ2v) is 9.01. The fraction of sp³-hybridized carbons (Fsp3) is 0.500. The van der Waals surface area contributed by atoms with Crippen molar-refractivity contribution in [2.24, 2.45) is 5.73 Å². The van der Waals surface area contributed by atoms with Gasteiger partial charge in [0.15, 0.2) is 11.6 Å². The maximum absolute atomic E-state index is 15.0. The van der Waals surface area contributed by atoms with Crippen LogP contribution in [0.25, 0.3) is 11.0 Å². The van der Waals surface area contributed by atoms with Crippen LogP contribution in [0.2, 0.25) is 0 Å². The number of hydrogen-bond donors (Lipinski definition) is 4. The zero-order valence-electron chi connectivity index (χ0n) is 19.0. The Hall–Kier alpha value is -3.54. The standard InChI is InChI=1S/C22H27FN6O5/c1-9(24)20(31)25-10(2)21(32)26-16-8-28(11(16)3)19-15(23)6-13-17(30)14(22(33)34)7-29(12-4-5-12)18(13)27-19/h6-7,9-12,16H,4-5,8,24H2,1-3H3,(H,25,31)(H,26,32)(H,33,34)/t9-,10-,11-,16+/m0/s1. The van der Waals surface area contributed by atoms with Gasteiger partial charge in [0, 0.05) is 24.8 Å². The molecule has 0 unspecified atom stereocenters. The van der Waals surface area contributed by atoms with Gasteiger partial charge in [0.25, 0.3) is 0 Å². The van der Waals surface area contributed by atoms with Gasteiger partial charge in [-0.3, -0.25) is 14.4 Å². The minimum Gasteiger partial charge on any atom is -0.477 e. The van der Waals surface area contributed by atoms with E-state index in [0.29, 0.717) is 0 Å². The first kappa shape index (κ1) is 23.6. The summed E-state index contributed by atoms with van der Waals surface area (Å²) in [5, 5.41) is 14.6. The molecule has 0 aromatic carbocycles. The molecule has 2 aliphatic rings. The second-order valence-electron chi connectivity index (χ2n) is 9.01. The van der Waals surface area contributed by atoms with Crippen LogP contribution in [-0.4, -0.2) is 63.2 Å². The van der Waals surface area contributed by atoms with Gasteiger partial charge in [-0.2, -0.15) is 0 Å². The van der Waals surface area contributed by atoms with Crippen molar-refractivity contribution >= 4 is 34.6 Å². The van der Waals surface area contributed by atoms with E-state index in [4.69, 9.17) is 5.73 Å². The Morgan fingerprint density at radius 3 is 2.50 bits per heavy atom. The quantitative estimate of drug-likeness (QED) is 0.440. The minimum atomic E-state index is -1.37. The molecular weight excluding hydrogens is 447 g/mol. The molecule has 2 aromatic rings. The van der Waals surface area contributed by atoms with Crippen molar-refractivity contribution in [1.82, 2.24) is 20.2 Å². The SMILES string of the molecule is C[C@H](N)C(=O)N[C@@H](C)C(=O)N[C@@H]1CN(c2nc3c(cc2F)c(=O)c(C(=O)O)cn3C2CC2)[C@H]1C. The molecule has 0 spiro atoms. The zero-order valence-corrected chi connectivity index (χ0v) is 19.0. The first-order valence-electron chi connectivity index (χ1n) is 11.1. The number of aromatic nitrogens is 2. The van der Waals surface area contributed by atoms with Crippen molar-refractivity contribution in [2.45, 2.75) is 63.8 Å². The molecule has 1 saturated carbocycles. The Kier molecular flexibility index (Phi) is 6.02. The first-order valence-corrected chi connectivity index (χ1v) is 11.1. The van der Waals surface area contributed by atoms with Gasteiger partial charge in [-0.25, -0.2) is 14.2 Å². The van der Waals surface area contributed by atoms with Crippen molar-refractivity contribution in [3.8, 4) is 0 Å². The van der Waals surface area contributed by atoms with Gasteiger partial charge in [-0.1, -0.05) is 0 Å². The van der Waals surface area contributed by atoms with Gasteiger partial charge in [0.05, 0.1) is 17.5 Å². The number of anilines is 1. The fourth-order valence-electron chi connectivity index (χ4n) is 4.00. The largest absolute Gasteiger partial charge is 0.477 e. The summed E-state index contributed by atoms with van der Waals surface area (Å²) in [4.78, 5) is 54.3. The average Bonchev–Trinajstić information content (AvgIpc) is 3.61. The molecule has 1 aliphatic heterocycles. The minimum absolute atomic E-state index is 0.0146. The van der Waals surface area contributed by atoms with Crippen LogP contribution >= 0.6 is 0 Å². The maximum atomic E-state index is 15.0. The average molecular weight is 474 g/mol. The van der Waals surface area contributed by atoms with Crippen LogP contribution in [0, 0.1) is 5.82 Å². The topological polar surface area (TPSA) is 160 Å². The van der Waals surface area contributed by atoms with Gasteiger partial charge >= 0.3 is 5.97 Å². The highest BCUT2D eigenvalue weighted by Crippen LogP contribution is 2.37. The Balaban J connectivity index is 1.55. The third kappa shape index (κ3) is 4.20. The lowest BCUT2D eigenvalue weighted by Crippen LogP contribution is -2.67. The number of carbonyl (C=O) groups excluding carboxylic acids is 2. The first-order chi connectivity index (χ1) is 16.0. The Morgan fingerprint density at radius 2 is 1.94 bits per heavy atom. The summed E-state index contributed by atoms with van der Waals surface area (Å²) in [6.07, 6.45) is 2.91. The van der Waals surface area contributed by atoms with E-state index in [-0.39, 0.29) is 47.4 Å². The lowest BCUT2D eigenvalue weighted by Gasteiger charge is -2.47. The summed E-state index contributed by atoms with van der Waals surface area (Å²) >= 11 is 0. The Bertz CT molecular complexity index is 1240. The van der Waals surface area contributed by atoms with E-state index >= 15 is 4.39 Å². The number of nitrogens with one attached hydrogen (secondary N) is 2. The molecule has 4 atom stereocenters. The molecule has 2 amide bonds. The van der Waals surface area contributed by atoms with Crippen molar-refractivity contribution < 1.29 is 23.9 Å². The molecule has 3 heterocycles. The van der Waals surface area contributed by atoms with E-state index in [2.05, 4.69) is 15.6 Å². The molecule has 2 fully saturated rings. The highest BCUT2D eigenvalue weighted by Gasteiger charge is 2.40. The summed E-state index contributed by atoms with van der Waals surface area (Å²) in [5.41, 5.74) is 4.55. The molecule has 4 rings (SSSR count). The summed E-state index contributed by atoms with van der Waals surface area (Å²) in [6.45, 7) is 5.13. The van der Waals surface area contributed by atoms with Crippen molar-refractivity contribution in [3.05, 3.63) is 33.9 Å². The van der Waals surface area contributed by atoms with Crippen LogP contribution in [0.4, 0.5) is 10.2 Å². The third-order valence-corrected chi connectivity index (χ3v) is 6.34. The molecule has 0 radical (unpaired) electrons. The van der Waals surface area contributed by atoms with Crippen molar-refractivity contribution in [1.29, 1.82) is 0 Å². The van der Waals surface area contributed by atoms with E-state index in [1.165, 1.54) is 13.1 Å². The van der Waals surface area contributed by atoms with Crippen LogP contribution in [0.1, 0.15) is 50.0 Å². The number of hydrogen-bond acceptors (Lipinski definition) is 7. The van der Waals surface area contributed by atoms with Crippen molar-refractivity contribution in [3.63, 3.8) is 0 Å². The number of carboxylic acids is 1. The molecule has 1 saturated heterocycles. The number of nitrogens with zero attached hydrogens (tertiary/aromatic N) is 3. The van der Waals surface area contributed by atoms with Crippen LogP contribution < -0.4 is 26.7 Å². The highest BCUT2D eigenvalue weighted by atomic mass is 19.1. The van der Waals surface area contributed by atoms with Gasteiger partial charge < -0.3 is 30.9 Å². The zero-order chi connectivity index (χ0) is 24.9. The monoisotopic (exact) mass is 474 g/mol. The molecule has 1 aliphatic carbocycles. The summed E-state index contributed by atoms with van der Waals surface area (Å²) in [6, 6.07) is -1.09. The lowest BCUT2D eigenvalue weighted by molar-refractivity contribution is -0.129. The van der Waals surface area contributed by atoms with E-state index in [9.17, 15) is 24.3 Å². The van der Waals surface area contributed by atoms with Gasteiger partial charge in [0.1, 0.15) is 17.3 Å². The molecular formula is C22H27FN6O5. The van der Waals surface area contributed by atoms with Gasteiger partial charge in [0.2, 0.25) is 17.2 Å². The fourth-order valence-corrected chi connectivity index (χ4v) is 4.00. The highest BCUT2D eigenvalue weighted by molar-refractivity contribution is 5.92. The third-order valence-electron chi connectivity index (χ3n) is 6.34. The molecule has 11 nitrogen and oxygen atoms in total. The van der Waals surface area contributed by atoms with Gasteiger partial charge in [-0.15, -0.1) is 0 Å². The summed E-state index contributed by atoms with van der Waals surface area (Å²) < 4.78 is 16.7. The number of nitrogens with two attached hydrogens (primary N) is 1. The van der Waals surface area contributed by atoms with Gasteiger partial charge in [-0.05, 0) is 39.7 Å².